The Morgan fingerprint density at radius 3 is 2.53 bits per heavy atom. The monoisotopic (exact) mass is 212 g/mol. The second kappa shape index (κ2) is 3.12. The highest BCUT2D eigenvalue weighted by atomic mass is 19.4. The Morgan fingerprint density at radius 2 is 1.87 bits per heavy atom. The van der Waals surface area contributed by atoms with Crippen molar-refractivity contribution in [1.29, 1.82) is 0 Å². The van der Waals surface area contributed by atoms with Crippen LogP contribution in [0.3, 0.4) is 0 Å². The molecule has 2 nitrogen and oxygen atoms in total. The zero-order valence-electron chi connectivity index (χ0n) is 7.55. The molecule has 0 unspecified atom stereocenters. The average Bonchev–Trinajstić information content (AvgIpc) is 2.16. The summed E-state index contributed by atoms with van der Waals surface area (Å²) >= 11 is 0. The van der Waals surface area contributed by atoms with Gasteiger partial charge < -0.3 is 5.73 Å². The molecule has 0 aliphatic heterocycles. The van der Waals surface area contributed by atoms with Crippen molar-refractivity contribution in [2.24, 2.45) is 0 Å². The van der Waals surface area contributed by atoms with Crippen LogP contribution in [-0.4, -0.2) is 4.98 Å². The van der Waals surface area contributed by atoms with Gasteiger partial charge in [0, 0.05) is 17.3 Å². The average molecular weight is 212 g/mol. The van der Waals surface area contributed by atoms with E-state index >= 15 is 0 Å². The van der Waals surface area contributed by atoms with Crippen molar-refractivity contribution in [2.45, 2.75) is 6.18 Å². The molecule has 0 atom stereocenters. The van der Waals surface area contributed by atoms with Gasteiger partial charge in [-0.25, -0.2) is 0 Å². The second-order valence-corrected chi connectivity index (χ2v) is 3.10. The lowest BCUT2D eigenvalue weighted by Crippen LogP contribution is -2.06. The first kappa shape index (κ1) is 9.76. The quantitative estimate of drug-likeness (QED) is 0.729. The van der Waals surface area contributed by atoms with Crippen LogP contribution >= 0.6 is 0 Å². The predicted octanol–water partition coefficient (Wildman–Crippen LogP) is 2.84. The van der Waals surface area contributed by atoms with E-state index in [9.17, 15) is 13.2 Å². The zero-order chi connectivity index (χ0) is 11.1. The van der Waals surface area contributed by atoms with E-state index in [-0.39, 0.29) is 5.52 Å². The number of nitrogens with zero attached hydrogens (tertiary/aromatic N) is 1. The molecule has 0 saturated heterocycles. The van der Waals surface area contributed by atoms with Crippen molar-refractivity contribution in [3.8, 4) is 0 Å². The van der Waals surface area contributed by atoms with Crippen molar-refractivity contribution in [3.63, 3.8) is 0 Å². The number of aromatic nitrogens is 1. The Hall–Kier alpha value is -1.78. The van der Waals surface area contributed by atoms with Crippen LogP contribution in [0.1, 0.15) is 5.56 Å². The van der Waals surface area contributed by atoms with E-state index in [1.54, 1.807) is 0 Å². The van der Waals surface area contributed by atoms with Crippen LogP contribution in [0.4, 0.5) is 18.9 Å². The van der Waals surface area contributed by atoms with Gasteiger partial charge in [-0.15, -0.1) is 0 Å². The van der Waals surface area contributed by atoms with Crippen LogP contribution < -0.4 is 5.73 Å². The molecule has 0 radical (unpaired) electrons. The molecule has 0 bridgehead atoms. The van der Waals surface area contributed by atoms with Crippen LogP contribution in [-0.2, 0) is 6.18 Å². The minimum Gasteiger partial charge on any atom is -0.398 e. The third-order valence-corrected chi connectivity index (χ3v) is 2.11. The Bertz CT molecular complexity index is 505. The number of nitrogen functional groups attached to an aromatic ring is 1. The third kappa shape index (κ3) is 1.60. The molecule has 0 saturated carbocycles. The third-order valence-electron chi connectivity index (χ3n) is 2.11. The van der Waals surface area contributed by atoms with Crippen LogP contribution in [0, 0.1) is 0 Å². The van der Waals surface area contributed by atoms with E-state index in [4.69, 9.17) is 5.73 Å². The Balaban J connectivity index is 2.83. The Kier molecular flexibility index (Phi) is 2.03. The molecule has 0 fully saturated rings. The van der Waals surface area contributed by atoms with E-state index in [0.717, 1.165) is 6.07 Å². The number of halogens is 3. The molecule has 0 amide bonds. The fraction of sp³-hybridized carbons (Fsp3) is 0.100. The first-order valence-electron chi connectivity index (χ1n) is 4.20. The molecule has 0 aliphatic carbocycles. The number of nitrogens with two attached hydrogens (primary N) is 1. The lowest BCUT2D eigenvalue weighted by molar-refractivity contribution is -0.136. The largest absolute Gasteiger partial charge is 0.418 e. The lowest BCUT2D eigenvalue weighted by atomic mass is 10.1. The first-order chi connectivity index (χ1) is 7.00. The SMILES string of the molecule is Nc1ccnc2c(C(F)(F)F)cccc12. The molecular weight excluding hydrogens is 205 g/mol. The lowest BCUT2D eigenvalue weighted by Gasteiger charge is -2.09. The molecule has 0 spiro atoms. The zero-order valence-corrected chi connectivity index (χ0v) is 7.55. The Labute approximate surface area is 83.5 Å². The minimum absolute atomic E-state index is 0.106. The second-order valence-electron chi connectivity index (χ2n) is 3.10. The van der Waals surface area contributed by atoms with Gasteiger partial charge in [-0.2, -0.15) is 13.2 Å². The maximum Gasteiger partial charge on any atom is 0.418 e. The molecule has 2 rings (SSSR count). The van der Waals surface area contributed by atoms with Gasteiger partial charge in [0.25, 0.3) is 0 Å². The van der Waals surface area contributed by atoms with Gasteiger partial charge in [-0.3, -0.25) is 4.98 Å². The molecular formula is C10H7F3N2. The van der Waals surface area contributed by atoms with E-state index in [0.29, 0.717) is 11.1 Å². The van der Waals surface area contributed by atoms with E-state index in [1.807, 2.05) is 0 Å². The van der Waals surface area contributed by atoms with Gasteiger partial charge >= 0.3 is 6.18 Å². The van der Waals surface area contributed by atoms with Crippen molar-refractivity contribution in [2.75, 3.05) is 5.73 Å². The topological polar surface area (TPSA) is 38.9 Å². The van der Waals surface area contributed by atoms with Crippen LogP contribution in [0.25, 0.3) is 10.9 Å². The number of rotatable bonds is 0. The summed E-state index contributed by atoms with van der Waals surface area (Å²) in [4.78, 5) is 3.71. The van der Waals surface area contributed by atoms with Crippen LogP contribution in [0.15, 0.2) is 30.5 Å². The summed E-state index contributed by atoms with van der Waals surface area (Å²) in [6, 6.07) is 5.31. The van der Waals surface area contributed by atoms with Gasteiger partial charge in [0.15, 0.2) is 0 Å². The van der Waals surface area contributed by atoms with Crippen molar-refractivity contribution < 1.29 is 13.2 Å². The number of benzene rings is 1. The fourth-order valence-electron chi connectivity index (χ4n) is 1.43. The molecule has 78 valence electrons. The first-order valence-corrected chi connectivity index (χ1v) is 4.20. The highest BCUT2D eigenvalue weighted by molar-refractivity contribution is 5.92. The maximum atomic E-state index is 12.6. The van der Waals surface area contributed by atoms with E-state index < -0.39 is 11.7 Å². The summed E-state index contributed by atoms with van der Waals surface area (Å²) in [6.07, 6.45) is -3.13. The van der Waals surface area contributed by atoms with Crippen LogP contribution in [0.5, 0.6) is 0 Å². The summed E-state index contributed by atoms with van der Waals surface area (Å²) < 4.78 is 37.7. The number of hydrogen-bond acceptors (Lipinski definition) is 2. The van der Waals surface area contributed by atoms with Crippen molar-refractivity contribution in [1.82, 2.24) is 4.98 Å². The summed E-state index contributed by atoms with van der Waals surface area (Å²) in [7, 11) is 0. The number of hydrogen-bond donors (Lipinski definition) is 1. The number of para-hydroxylation sites is 1. The number of fused-ring (bicyclic) bond motifs is 1. The highest BCUT2D eigenvalue weighted by Crippen LogP contribution is 2.34. The molecule has 2 aromatic rings. The number of alkyl halides is 3. The summed E-state index contributed by atoms with van der Waals surface area (Å²) in [5, 5.41) is 0.326. The van der Waals surface area contributed by atoms with Gasteiger partial charge in [-0.05, 0) is 12.1 Å². The van der Waals surface area contributed by atoms with Gasteiger partial charge in [0.05, 0.1) is 11.1 Å². The van der Waals surface area contributed by atoms with Crippen LogP contribution in [0.2, 0.25) is 0 Å². The highest BCUT2D eigenvalue weighted by Gasteiger charge is 2.33. The van der Waals surface area contributed by atoms with Gasteiger partial charge in [0.2, 0.25) is 0 Å². The summed E-state index contributed by atoms with van der Waals surface area (Å²) in [6.45, 7) is 0. The molecule has 1 heterocycles. The number of pyridine rings is 1. The van der Waals surface area contributed by atoms with Crippen molar-refractivity contribution >= 4 is 16.6 Å². The normalized spacial score (nSPS) is 11.9. The van der Waals surface area contributed by atoms with E-state index in [2.05, 4.69) is 4.98 Å². The summed E-state index contributed by atoms with van der Waals surface area (Å²) in [5.41, 5.74) is 4.99. The predicted molar refractivity (Wildman–Crippen MR) is 51.2 cm³/mol. The fourth-order valence-corrected chi connectivity index (χ4v) is 1.43. The molecule has 0 aliphatic rings. The molecule has 1 aromatic heterocycles. The minimum atomic E-state index is -4.40. The van der Waals surface area contributed by atoms with Gasteiger partial charge in [-0.1, -0.05) is 12.1 Å². The summed E-state index contributed by atoms with van der Waals surface area (Å²) in [5.74, 6) is 0. The smallest absolute Gasteiger partial charge is 0.398 e. The molecule has 15 heavy (non-hydrogen) atoms. The Morgan fingerprint density at radius 1 is 1.13 bits per heavy atom. The molecule has 5 heteroatoms. The molecule has 1 aromatic carbocycles. The van der Waals surface area contributed by atoms with Gasteiger partial charge in [0.1, 0.15) is 0 Å². The van der Waals surface area contributed by atoms with E-state index in [1.165, 1.54) is 24.4 Å². The maximum absolute atomic E-state index is 12.6. The number of anilines is 1. The standard InChI is InChI=1S/C10H7F3N2/c11-10(12,13)7-3-1-2-6-8(14)4-5-15-9(6)7/h1-5H,(H2,14,15). The molecule has 2 N–H and O–H groups in total. The van der Waals surface area contributed by atoms with Crippen molar-refractivity contribution in [3.05, 3.63) is 36.0 Å².